The molecule has 146 valence electrons. The van der Waals surface area contributed by atoms with E-state index in [0.29, 0.717) is 5.69 Å². The maximum atomic E-state index is 12.8. The number of alkyl halides is 3. The van der Waals surface area contributed by atoms with Crippen molar-refractivity contribution in [2.75, 3.05) is 0 Å². The van der Waals surface area contributed by atoms with E-state index in [9.17, 15) is 13.2 Å². The lowest BCUT2D eigenvalue weighted by Crippen LogP contribution is -2.05. The van der Waals surface area contributed by atoms with E-state index in [2.05, 4.69) is 9.97 Å². The zero-order valence-corrected chi connectivity index (χ0v) is 15.9. The van der Waals surface area contributed by atoms with E-state index in [4.69, 9.17) is 0 Å². The fourth-order valence-corrected chi connectivity index (χ4v) is 3.38. The molecule has 4 aromatic rings. The largest absolute Gasteiger partial charge is 0.416 e. The molecule has 2 heterocycles. The van der Waals surface area contributed by atoms with Crippen LogP contribution in [0.2, 0.25) is 0 Å². The first-order chi connectivity index (χ1) is 13.8. The SMILES string of the molecule is Cc1cc(/C=C/c2cnc3ccccc3n2)c(C)n1-c1ccc(C(F)(F)F)cc1. The van der Waals surface area contributed by atoms with Gasteiger partial charge in [0.15, 0.2) is 0 Å². The normalized spacial score (nSPS) is 12.2. The van der Waals surface area contributed by atoms with Crippen LogP contribution in [-0.2, 0) is 6.18 Å². The summed E-state index contributed by atoms with van der Waals surface area (Å²) >= 11 is 0. The van der Waals surface area contributed by atoms with Gasteiger partial charge in [-0.1, -0.05) is 18.2 Å². The van der Waals surface area contributed by atoms with E-state index in [1.165, 1.54) is 12.1 Å². The van der Waals surface area contributed by atoms with E-state index in [1.54, 1.807) is 6.20 Å². The van der Waals surface area contributed by atoms with Crippen molar-refractivity contribution in [3.05, 3.63) is 89.0 Å². The molecule has 29 heavy (non-hydrogen) atoms. The van der Waals surface area contributed by atoms with Gasteiger partial charge in [0.05, 0.1) is 28.5 Å². The van der Waals surface area contributed by atoms with Crippen molar-refractivity contribution in [2.45, 2.75) is 20.0 Å². The smallest absolute Gasteiger partial charge is 0.318 e. The van der Waals surface area contributed by atoms with Crippen LogP contribution in [-0.4, -0.2) is 14.5 Å². The average Bonchev–Trinajstić information content (AvgIpc) is 2.99. The minimum absolute atomic E-state index is 0.654. The number of aryl methyl sites for hydroxylation is 1. The minimum Gasteiger partial charge on any atom is -0.318 e. The lowest BCUT2D eigenvalue weighted by molar-refractivity contribution is -0.137. The predicted octanol–water partition coefficient (Wildman–Crippen LogP) is 6.23. The molecule has 0 atom stereocenters. The third-order valence-corrected chi connectivity index (χ3v) is 4.82. The van der Waals surface area contributed by atoms with Gasteiger partial charge >= 0.3 is 6.18 Å². The highest BCUT2D eigenvalue weighted by molar-refractivity contribution is 5.77. The van der Waals surface area contributed by atoms with Crippen LogP contribution in [0.15, 0.2) is 60.8 Å². The van der Waals surface area contributed by atoms with E-state index < -0.39 is 11.7 Å². The van der Waals surface area contributed by atoms with Crippen LogP contribution in [0.3, 0.4) is 0 Å². The second-order valence-corrected chi connectivity index (χ2v) is 6.82. The van der Waals surface area contributed by atoms with Gasteiger partial charge in [-0.25, -0.2) is 4.98 Å². The summed E-state index contributed by atoms with van der Waals surface area (Å²) in [4.78, 5) is 8.98. The molecule has 0 bridgehead atoms. The van der Waals surface area contributed by atoms with Gasteiger partial charge in [-0.05, 0) is 68.0 Å². The summed E-state index contributed by atoms with van der Waals surface area (Å²) in [6.07, 6.45) is 1.21. The van der Waals surface area contributed by atoms with Crippen LogP contribution in [0.1, 0.15) is 28.2 Å². The molecule has 0 aliphatic heterocycles. The van der Waals surface area contributed by atoms with E-state index >= 15 is 0 Å². The molecule has 2 aromatic carbocycles. The highest BCUT2D eigenvalue weighted by Gasteiger charge is 2.30. The van der Waals surface area contributed by atoms with Crippen molar-refractivity contribution < 1.29 is 13.2 Å². The Labute approximate surface area is 166 Å². The highest BCUT2D eigenvalue weighted by atomic mass is 19.4. The molecular formula is C23H18F3N3. The van der Waals surface area contributed by atoms with Crippen LogP contribution in [0.25, 0.3) is 28.9 Å². The number of para-hydroxylation sites is 2. The molecule has 3 nitrogen and oxygen atoms in total. The molecule has 0 unspecified atom stereocenters. The van der Waals surface area contributed by atoms with Crippen LogP contribution in [0.4, 0.5) is 13.2 Å². The summed E-state index contributed by atoms with van der Waals surface area (Å²) in [6, 6.07) is 14.9. The summed E-state index contributed by atoms with van der Waals surface area (Å²) in [5, 5.41) is 0. The van der Waals surface area contributed by atoms with Gasteiger partial charge in [0.2, 0.25) is 0 Å². The number of benzene rings is 2. The maximum absolute atomic E-state index is 12.8. The Hall–Kier alpha value is -3.41. The zero-order chi connectivity index (χ0) is 20.6. The molecule has 0 aliphatic carbocycles. The number of fused-ring (bicyclic) bond motifs is 1. The lowest BCUT2D eigenvalue weighted by Gasteiger charge is -2.12. The van der Waals surface area contributed by atoms with Gasteiger partial charge in [0, 0.05) is 17.1 Å². The van der Waals surface area contributed by atoms with E-state index in [1.807, 2.05) is 60.9 Å². The monoisotopic (exact) mass is 393 g/mol. The third kappa shape index (κ3) is 3.78. The topological polar surface area (TPSA) is 30.7 Å². The third-order valence-electron chi connectivity index (χ3n) is 4.82. The number of hydrogen-bond acceptors (Lipinski definition) is 2. The molecule has 0 saturated carbocycles. The molecule has 0 spiro atoms. The van der Waals surface area contributed by atoms with Crippen molar-refractivity contribution in [3.8, 4) is 5.69 Å². The van der Waals surface area contributed by atoms with E-state index in [-0.39, 0.29) is 0 Å². The zero-order valence-electron chi connectivity index (χ0n) is 15.9. The van der Waals surface area contributed by atoms with Crippen LogP contribution in [0.5, 0.6) is 0 Å². The van der Waals surface area contributed by atoms with Crippen molar-refractivity contribution in [1.29, 1.82) is 0 Å². The molecular weight excluding hydrogens is 375 g/mol. The summed E-state index contributed by atoms with van der Waals surface area (Å²) in [5.41, 5.74) is 5.28. The number of hydrogen-bond donors (Lipinski definition) is 0. The quantitative estimate of drug-likeness (QED) is 0.413. The van der Waals surface area contributed by atoms with Gasteiger partial charge in [-0.2, -0.15) is 13.2 Å². The summed E-state index contributed by atoms with van der Waals surface area (Å²) in [5.74, 6) is 0. The fraction of sp³-hybridized carbons (Fsp3) is 0.130. The van der Waals surface area contributed by atoms with Gasteiger partial charge in [0.25, 0.3) is 0 Å². The summed E-state index contributed by atoms with van der Waals surface area (Å²) in [7, 11) is 0. The Morgan fingerprint density at radius 1 is 0.897 bits per heavy atom. The first-order valence-electron chi connectivity index (χ1n) is 9.09. The van der Waals surface area contributed by atoms with Crippen molar-refractivity contribution in [2.24, 2.45) is 0 Å². The second-order valence-electron chi connectivity index (χ2n) is 6.82. The first-order valence-corrected chi connectivity index (χ1v) is 9.09. The highest BCUT2D eigenvalue weighted by Crippen LogP contribution is 2.30. The number of halogens is 3. The Morgan fingerprint density at radius 2 is 1.59 bits per heavy atom. The molecule has 6 heteroatoms. The predicted molar refractivity (Wildman–Crippen MR) is 109 cm³/mol. The first kappa shape index (κ1) is 18.9. The lowest BCUT2D eigenvalue weighted by atomic mass is 10.2. The Bertz CT molecular complexity index is 1200. The van der Waals surface area contributed by atoms with Crippen molar-refractivity contribution >= 4 is 23.2 Å². The van der Waals surface area contributed by atoms with Crippen molar-refractivity contribution in [1.82, 2.24) is 14.5 Å². The molecule has 4 rings (SSSR count). The van der Waals surface area contributed by atoms with Gasteiger partial charge in [0.1, 0.15) is 0 Å². The maximum Gasteiger partial charge on any atom is 0.416 e. The molecule has 0 amide bonds. The number of aromatic nitrogens is 3. The van der Waals surface area contributed by atoms with Crippen LogP contribution >= 0.6 is 0 Å². The Balaban J connectivity index is 1.65. The fourth-order valence-electron chi connectivity index (χ4n) is 3.38. The van der Waals surface area contributed by atoms with Gasteiger partial charge < -0.3 is 4.57 Å². The number of rotatable bonds is 3. The van der Waals surface area contributed by atoms with Gasteiger partial charge in [-0.3, -0.25) is 4.98 Å². The molecule has 2 aromatic heterocycles. The Morgan fingerprint density at radius 3 is 2.28 bits per heavy atom. The number of nitrogens with zero attached hydrogens (tertiary/aromatic N) is 3. The molecule has 0 aliphatic rings. The second kappa shape index (κ2) is 7.20. The standard InChI is InChI=1S/C23H18F3N3/c1-15-13-17(7-10-19-14-27-21-5-3-4-6-22(21)28-19)16(2)29(15)20-11-8-18(9-12-20)23(24,25)26/h3-14H,1-2H3/b10-7+. The van der Waals surface area contributed by atoms with Crippen LogP contribution < -0.4 is 0 Å². The summed E-state index contributed by atoms with van der Waals surface area (Å²) < 4.78 is 40.4. The van der Waals surface area contributed by atoms with Crippen LogP contribution in [0, 0.1) is 13.8 Å². The molecule has 0 radical (unpaired) electrons. The molecule has 0 N–H and O–H groups in total. The van der Waals surface area contributed by atoms with Gasteiger partial charge in [-0.15, -0.1) is 0 Å². The molecule has 0 fully saturated rings. The molecule has 0 saturated heterocycles. The van der Waals surface area contributed by atoms with E-state index in [0.717, 1.165) is 45.8 Å². The average molecular weight is 393 g/mol. The minimum atomic E-state index is -4.34. The summed E-state index contributed by atoms with van der Waals surface area (Å²) in [6.45, 7) is 3.87. The Kier molecular flexibility index (Phi) is 4.70. The van der Waals surface area contributed by atoms with Crippen molar-refractivity contribution in [3.63, 3.8) is 0 Å².